The molecule has 0 aromatic carbocycles. The van der Waals surface area contributed by atoms with Gasteiger partial charge in [0.2, 0.25) is 5.91 Å². The topological polar surface area (TPSA) is 228 Å². The zero-order valence-corrected chi connectivity index (χ0v) is 44.7. The van der Waals surface area contributed by atoms with Crippen LogP contribution in [0.15, 0.2) is 60.8 Å². The monoisotopic (exact) mass is 1020 g/mol. The van der Waals surface area contributed by atoms with E-state index in [2.05, 4.69) is 67.8 Å². The predicted octanol–water partition coefficient (Wildman–Crippen LogP) is 9.00. The lowest BCUT2D eigenvalue weighted by Gasteiger charge is -2.46. The molecule has 0 saturated carbocycles. The summed E-state index contributed by atoms with van der Waals surface area (Å²) in [5, 5.41) is 87.0. The second-order valence-electron chi connectivity index (χ2n) is 20.0. The van der Waals surface area contributed by atoms with E-state index in [1.807, 2.05) is 6.08 Å². The van der Waals surface area contributed by atoms with Gasteiger partial charge in [-0.25, -0.2) is 0 Å². The molecule has 14 nitrogen and oxygen atoms in total. The Bertz CT molecular complexity index is 1440. The Morgan fingerprint density at radius 2 is 0.931 bits per heavy atom. The molecule has 2 aliphatic rings. The minimum absolute atomic E-state index is 0.259. The lowest BCUT2D eigenvalue weighted by molar-refractivity contribution is -0.359. The Morgan fingerprint density at radius 1 is 0.500 bits per heavy atom. The maximum Gasteiger partial charge on any atom is 0.220 e. The fraction of sp³-hybridized carbons (Fsp3) is 0.810. The molecule has 2 aliphatic heterocycles. The molecule has 0 aromatic heterocycles. The van der Waals surface area contributed by atoms with Gasteiger partial charge in [0.05, 0.1) is 32.0 Å². The number of hydrogen-bond acceptors (Lipinski definition) is 13. The van der Waals surface area contributed by atoms with Crippen LogP contribution in [-0.4, -0.2) is 140 Å². The number of nitrogens with one attached hydrogen (secondary N) is 1. The Morgan fingerprint density at radius 3 is 1.46 bits per heavy atom. The molecule has 0 aliphatic carbocycles. The summed E-state index contributed by atoms with van der Waals surface area (Å²) in [6.45, 7) is 2.74. The number of hydrogen-bond donors (Lipinski definition) is 9. The molecule has 12 atom stereocenters. The van der Waals surface area contributed by atoms with Gasteiger partial charge in [0.1, 0.15) is 48.8 Å². The van der Waals surface area contributed by atoms with Crippen LogP contribution in [-0.2, 0) is 23.7 Å². The van der Waals surface area contributed by atoms with E-state index in [9.17, 15) is 45.6 Å². The van der Waals surface area contributed by atoms with E-state index in [1.165, 1.54) is 109 Å². The molecule has 2 saturated heterocycles. The lowest BCUT2D eigenvalue weighted by Crippen LogP contribution is -2.65. The van der Waals surface area contributed by atoms with E-state index in [-0.39, 0.29) is 18.9 Å². The van der Waals surface area contributed by atoms with Gasteiger partial charge in [0.25, 0.3) is 0 Å². The zero-order chi connectivity index (χ0) is 52.4. The molecule has 0 spiro atoms. The number of ether oxygens (including phenoxy) is 4. The van der Waals surface area contributed by atoms with Crippen molar-refractivity contribution in [2.45, 2.75) is 280 Å². The van der Waals surface area contributed by atoms with Crippen LogP contribution in [0.4, 0.5) is 0 Å². The highest BCUT2D eigenvalue weighted by Crippen LogP contribution is 2.30. The Hall–Kier alpha value is -2.31. The first-order valence-corrected chi connectivity index (χ1v) is 28.5. The van der Waals surface area contributed by atoms with Crippen molar-refractivity contribution >= 4 is 5.91 Å². The van der Waals surface area contributed by atoms with Crippen molar-refractivity contribution < 1.29 is 64.6 Å². The molecule has 2 rings (SSSR count). The Balaban J connectivity index is 1.83. The third-order valence-corrected chi connectivity index (χ3v) is 13.7. The van der Waals surface area contributed by atoms with E-state index in [0.717, 1.165) is 64.2 Å². The highest BCUT2D eigenvalue weighted by atomic mass is 16.7. The summed E-state index contributed by atoms with van der Waals surface area (Å²) >= 11 is 0. The third kappa shape index (κ3) is 29.7. The van der Waals surface area contributed by atoms with Crippen molar-refractivity contribution in [1.82, 2.24) is 5.32 Å². The summed E-state index contributed by atoms with van der Waals surface area (Å²) in [6, 6.07) is -0.944. The molecular formula is C58H103NO13. The molecule has 12 unspecified atom stereocenters. The van der Waals surface area contributed by atoms with Crippen molar-refractivity contribution in [1.29, 1.82) is 0 Å². The fourth-order valence-electron chi connectivity index (χ4n) is 9.00. The van der Waals surface area contributed by atoms with Crippen LogP contribution in [0.2, 0.25) is 0 Å². The minimum Gasteiger partial charge on any atom is -0.394 e. The van der Waals surface area contributed by atoms with Gasteiger partial charge in [-0.05, 0) is 77.0 Å². The van der Waals surface area contributed by atoms with Crippen LogP contribution in [0.1, 0.15) is 206 Å². The highest BCUT2D eigenvalue weighted by Gasteiger charge is 2.51. The van der Waals surface area contributed by atoms with Crippen molar-refractivity contribution in [3.05, 3.63) is 60.8 Å². The number of allylic oxidation sites excluding steroid dienone is 9. The maximum atomic E-state index is 13.2. The van der Waals surface area contributed by atoms with E-state index >= 15 is 0 Å². The smallest absolute Gasteiger partial charge is 0.220 e. The summed E-state index contributed by atoms with van der Waals surface area (Å²) < 4.78 is 22.7. The van der Waals surface area contributed by atoms with Gasteiger partial charge >= 0.3 is 0 Å². The van der Waals surface area contributed by atoms with Crippen molar-refractivity contribution in [2.24, 2.45) is 0 Å². The molecule has 0 bridgehead atoms. The second-order valence-corrected chi connectivity index (χ2v) is 20.0. The summed E-state index contributed by atoms with van der Waals surface area (Å²) in [5.74, 6) is -0.263. The summed E-state index contributed by atoms with van der Waals surface area (Å²) in [6.07, 6.45) is 38.2. The fourth-order valence-corrected chi connectivity index (χ4v) is 9.00. The molecule has 2 fully saturated rings. The average molecular weight is 1020 g/mol. The standard InChI is InChI=1S/C58H103NO13/c1-3-5-7-9-11-13-15-17-19-21-23-24-25-27-29-31-33-35-37-39-41-47(62)46(59-50(63)42-40-38-36-34-32-30-28-26-22-20-18-16-14-12-10-8-6-4-2)45-69-57-55(68)53(66)56(49(44-61)71-57)72-58-54(67)52(65)51(64)48(43-60)70-58/h14,16,20,22,24-25,31,33,39,41,46-49,51-58,60-62,64-68H,3-13,15,17-19,21,23,26-30,32,34-38,40,42-45H2,1-2H3,(H,59,63)/b16-14-,22-20-,25-24+,33-31+,41-39+. The molecule has 72 heavy (non-hydrogen) atoms. The molecule has 14 heteroatoms. The molecule has 1 amide bonds. The number of aliphatic hydroxyl groups excluding tert-OH is 8. The average Bonchev–Trinajstić information content (AvgIpc) is 3.38. The molecule has 9 N–H and O–H groups in total. The van der Waals surface area contributed by atoms with E-state index in [0.29, 0.717) is 12.8 Å². The van der Waals surface area contributed by atoms with Gasteiger partial charge in [-0.1, -0.05) is 184 Å². The first-order valence-electron chi connectivity index (χ1n) is 28.5. The highest BCUT2D eigenvalue weighted by molar-refractivity contribution is 5.76. The van der Waals surface area contributed by atoms with Crippen LogP contribution in [0.5, 0.6) is 0 Å². The number of carbonyl (C=O) groups excluding carboxylic acids is 1. The summed E-state index contributed by atoms with van der Waals surface area (Å²) in [5.41, 5.74) is 0. The van der Waals surface area contributed by atoms with Gasteiger partial charge in [0.15, 0.2) is 12.6 Å². The van der Waals surface area contributed by atoms with Crippen molar-refractivity contribution in [3.63, 3.8) is 0 Å². The van der Waals surface area contributed by atoms with Gasteiger partial charge < -0.3 is 65.1 Å². The predicted molar refractivity (Wildman–Crippen MR) is 286 cm³/mol. The molecule has 418 valence electrons. The Kier molecular flexibility index (Phi) is 40.1. The first kappa shape index (κ1) is 65.8. The lowest BCUT2D eigenvalue weighted by atomic mass is 9.97. The van der Waals surface area contributed by atoms with Gasteiger partial charge in [-0.2, -0.15) is 0 Å². The molecule has 0 aromatic rings. The van der Waals surface area contributed by atoms with Crippen LogP contribution < -0.4 is 5.32 Å². The number of carbonyl (C=O) groups is 1. The summed E-state index contributed by atoms with van der Waals surface area (Å²) in [7, 11) is 0. The van der Waals surface area contributed by atoms with E-state index < -0.39 is 86.8 Å². The van der Waals surface area contributed by atoms with Gasteiger partial charge in [-0.15, -0.1) is 0 Å². The number of aliphatic hydroxyl groups is 8. The first-order chi connectivity index (χ1) is 35.1. The SMILES string of the molecule is CCCCCC/C=C\C/C=C\CCCCCCCCCC(=O)NC(COC1OC(CO)C(OC2OC(CO)C(O)C(O)C2O)C(O)C1O)C(O)/C=C/CC/C=C/CC/C=C/CCCCCCCCCCCC. The maximum absolute atomic E-state index is 13.2. The van der Waals surface area contributed by atoms with E-state index in [4.69, 9.17) is 18.9 Å². The van der Waals surface area contributed by atoms with E-state index in [1.54, 1.807) is 6.08 Å². The normalized spacial score (nSPS) is 26.0. The third-order valence-electron chi connectivity index (χ3n) is 13.7. The van der Waals surface area contributed by atoms with Crippen LogP contribution in [0.25, 0.3) is 0 Å². The van der Waals surface area contributed by atoms with Crippen LogP contribution in [0.3, 0.4) is 0 Å². The van der Waals surface area contributed by atoms with Crippen LogP contribution in [0, 0.1) is 0 Å². The zero-order valence-electron chi connectivity index (χ0n) is 44.7. The number of unbranched alkanes of at least 4 members (excludes halogenated alkanes) is 23. The quantitative estimate of drug-likeness (QED) is 0.0205. The Labute approximate surface area is 435 Å². The van der Waals surface area contributed by atoms with Crippen LogP contribution >= 0.6 is 0 Å². The van der Waals surface area contributed by atoms with Gasteiger partial charge in [-0.3, -0.25) is 4.79 Å². The minimum atomic E-state index is -1.79. The molecule has 2 heterocycles. The number of rotatable bonds is 44. The van der Waals surface area contributed by atoms with Crippen molar-refractivity contribution in [3.8, 4) is 0 Å². The molecular weight excluding hydrogens is 919 g/mol. The molecule has 0 radical (unpaired) electrons. The second kappa shape index (κ2) is 43.9. The van der Waals surface area contributed by atoms with Gasteiger partial charge in [0, 0.05) is 6.42 Å². The number of amides is 1. The largest absolute Gasteiger partial charge is 0.394 e. The van der Waals surface area contributed by atoms with Crippen molar-refractivity contribution in [2.75, 3.05) is 19.8 Å². The summed E-state index contributed by atoms with van der Waals surface area (Å²) in [4.78, 5) is 13.2.